The van der Waals surface area contributed by atoms with Crippen molar-refractivity contribution in [2.24, 2.45) is 0 Å². The minimum absolute atomic E-state index is 0. The lowest BCUT2D eigenvalue weighted by atomic mass is 10.1. The Labute approximate surface area is 162 Å². The van der Waals surface area contributed by atoms with Gasteiger partial charge < -0.3 is 15.5 Å². The van der Waals surface area contributed by atoms with Crippen LogP contribution in [0.4, 0.5) is 11.5 Å². The number of nitrogens with zero attached hydrogens (tertiary/aromatic N) is 3. The number of halogens is 3. The zero-order chi connectivity index (χ0) is 15.5. The normalized spacial score (nSPS) is 13.7. The Morgan fingerprint density at radius 3 is 2.29 bits per heavy atom. The van der Waals surface area contributed by atoms with Crippen molar-refractivity contribution in [3.05, 3.63) is 52.6 Å². The van der Waals surface area contributed by atoms with Crippen molar-refractivity contribution < 1.29 is 4.79 Å². The Kier molecular flexibility index (Phi) is 7.79. The fraction of sp³-hybridized carbons (Fsp3) is 0.250. The molecule has 1 fully saturated rings. The molecule has 2 N–H and O–H groups in total. The average molecular weight is 434 g/mol. The summed E-state index contributed by atoms with van der Waals surface area (Å²) in [4.78, 5) is 20.9. The Morgan fingerprint density at radius 2 is 1.71 bits per heavy atom. The molecule has 3 rings (SSSR count). The number of carbonyl (C=O) groups excluding carboxylic acids is 1. The SMILES string of the molecule is Cl.Cl.Nc1ccccc1C(=O)N1CCN(c2ccc(Br)cn2)CC1. The van der Waals surface area contributed by atoms with Crippen LogP contribution >= 0.6 is 40.7 Å². The van der Waals surface area contributed by atoms with Gasteiger partial charge in [-0.2, -0.15) is 0 Å². The third kappa shape index (κ3) is 4.53. The number of piperazine rings is 1. The number of amides is 1. The summed E-state index contributed by atoms with van der Waals surface area (Å²) in [5.74, 6) is 0.941. The predicted molar refractivity (Wildman–Crippen MR) is 105 cm³/mol. The van der Waals surface area contributed by atoms with Crippen molar-refractivity contribution in [1.82, 2.24) is 9.88 Å². The number of aromatic nitrogens is 1. The van der Waals surface area contributed by atoms with Gasteiger partial charge in [-0.25, -0.2) is 4.98 Å². The highest BCUT2D eigenvalue weighted by Gasteiger charge is 2.23. The van der Waals surface area contributed by atoms with Gasteiger partial charge >= 0.3 is 0 Å². The lowest BCUT2D eigenvalue weighted by molar-refractivity contribution is 0.0747. The Balaban J connectivity index is 0.00000144. The number of pyridine rings is 1. The minimum atomic E-state index is 0. The summed E-state index contributed by atoms with van der Waals surface area (Å²) in [5.41, 5.74) is 7.00. The smallest absolute Gasteiger partial charge is 0.256 e. The lowest BCUT2D eigenvalue weighted by Gasteiger charge is -2.35. The maximum Gasteiger partial charge on any atom is 0.256 e. The number of nitrogens with two attached hydrogens (primary N) is 1. The van der Waals surface area contributed by atoms with E-state index in [9.17, 15) is 4.79 Å². The van der Waals surface area contributed by atoms with Crippen molar-refractivity contribution in [2.75, 3.05) is 36.8 Å². The van der Waals surface area contributed by atoms with Crippen molar-refractivity contribution in [3.63, 3.8) is 0 Å². The van der Waals surface area contributed by atoms with Gasteiger partial charge in [-0.15, -0.1) is 24.8 Å². The molecule has 0 saturated carbocycles. The number of para-hydroxylation sites is 1. The maximum atomic E-state index is 12.5. The molecular weight excluding hydrogens is 415 g/mol. The standard InChI is InChI=1S/C16H17BrN4O.2ClH/c17-12-5-6-15(19-11-12)20-7-9-21(10-8-20)16(22)13-3-1-2-4-14(13)18;;/h1-6,11H,7-10,18H2;2*1H. The maximum absolute atomic E-state index is 12.5. The molecule has 1 saturated heterocycles. The lowest BCUT2D eigenvalue weighted by Crippen LogP contribution is -2.49. The summed E-state index contributed by atoms with van der Waals surface area (Å²) in [6.07, 6.45) is 1.79. The molecule has 5 nitrogen and oxygen atoms in total. The van der Waals surface area contributed by atoms with Crippen LogP contribution in [0, 0.1) is 0 Å². The highest BCUT2D eigenvalue weighted by molar-refractivity contribution is 9.10. The minimum Gasteiger partial charge on any atom is -0.398 e. The van der Waals surface area contributed by atoms with Crippen LogP contribution in [0.3, 0.4) is 0 Å². The van der Waals surface area contributed by atoms with Gasteiger partial charge in [0, 0.05) is 42.5 Å². The van der Waals surface area contributed by atoms with E-state index < -0.39 is 0 Å². The number of hydrogen-bond acceptors (Lipinski definition) is 4. The third-order valence-corrected chi connectivity index (χ3v) is 4.26. The fourth-order valence-corrected chi connectivity index (χ4v) is 2.79. The summed E-state index contributed by atoms with van der Waals surface area (Å²) in [7, 11) is 0. The molecule has 130 valence electrons. The van der Waals surface area contributed by atoms with Crippen molar-refractivity contribution in [2.45, 2.75) is 0 Å². The van der Waals surface area contributed by atoms with E-state index in [1.807, 2.05) is 29.2 Å². The van der Waals surface area contributed by atoms with Crippen molar-refractivity contribution in [1.29, 1.82) is 0 Å². The molecule has 1 aromatic heterocycles. The van der Waals surface area contributed by atoms with Gasteiger partial charge in [0.1, 0.15) is 5.82 Å². The van der Waals surface area contributed by atoms with Crippen LogP contribution < -0.4 is 10.6 Å². The van der Waals surface area contributed by atoms with Crippen LogP contribution in [0.5, 0.6) is 0 Å². The first kappa shape index (κ1) is 20.5. The van der Waals surface area contributed by atoms with E-state index in [1.54, 1.807) is 18.3 Å². The number of benzene rings is 1. The molecule has 24 heavy (non-hydrogen) atoms. The fourth-order valence-electron chi connectivity index (χ4n) is 2.56. The summed E-state index contributed by atoms with van der Waals surface area (Å²) >= 11 is 3.38. The van der Waals surface area contributed by atoms with Crippen LogP contribution in [0.25, 0.3) is 0 Å². The number of anilines is 2. The van der Waals surface area contributed by atoms with Gasteiger partial charge in [0.05, 0.1) is 5.56 Å². The summed E-state index contributed by atoms with van der Waals surface area (Å²) < 4.78 is 0.963. The Morgan fingerprint density at radius 1 is 1.04 bits per heavy atom. The molecule has 1 aliphatic heterocycles. The van der Waals surface area contributed by atoms with Gasteiger partial charge in [-0.1, -0.05) is 12.1 Å². The third-order valence-electron chi connectivity index (χ3n) is 3.79. The van der Waals surface area contributed by atoms with Gasteiger partial charge in [0.15, 0.2) is 0 Å². The molecule has 0 unspecified atom stereocenters. The number of rotatable bonds is 2. The number of nitrogen functional groups attached to an aromatic ring is 1. The molecule has 8 heteroatoms. The largest absolute Gasteiger partial charge is 0.398 e. The summed E-state index contributed by atoms with van der Waals surface area (Å²) in [6.45, 7) is 2.88. The van der Waals surface area contributed by atoms with E-state index in [1.165, 1.54) is 0 Å². The second kappa shape index (κ2) is 9.11. The predicted octanol–water partition coefficient (Wildman–Crippen LogP) is 3.23. The van der Waals surface area contributed by atoms with Gasteiger partial charge in [0.25, 0.3) is 5.91 Å². The van der Waals surface area contributed by atoms with E-state index >= 15 is 0 Å². The highest BCUT2D eigenvalue weighted by Crippen LogP contribution is 2.19. The van der Waals surface area contributed by atoms with Crippen LogP contribution in [-0.2, 0) is 0 Å². The van der Waals surface area contributed by atoms with Crippen LogP contribution in [-0.4, -0.2) is 42.0 Å². The van der Waals surface area contributed by atoms with Crippen molar-refractivity contribution >= 4 is 58.2 Å². The molecule has 2 aromatic rings. The van der Waals surface area contributed by atoms with E-state index in [4.69, 9.17) is 5.73 Å². The molecule has 0 aliphatic carbocycles. The molecule has 0 bridgehead atoms. The van der Waals surface area contributed by atoms with Crippen LogP contribution in [0.1, 0.15) is 10.4 Å². The van der Waals surface area contributed by atoms with E-state index in [2.05, 4.69) is 25.8 Å². The van der Waals surface area contributed by atoms with E-state index in [0.717, 1.165) is 23.4 Å². The summed E-state index contributed by atoms with van der Waals surface area (Å²) in [6, 6.07) is 11.2. The molecule has 0 spiro atoms. The first-order valence-corrected chi connectivity index (χ1v) is 7.95. The Hall–Kier alpha value is -1.50. The second-order valence-electron chi connectivity index (χ2n) is 5.20. The topological polar surface area (TPSA) is 62.5 Å². The quantitative estimate of drug-likeness (QED) is 0.738. The molecule has 1 amide bonds. The van der Waals surface area contributed by atoms with Gasteiger partial charge in [-0.3, -0.25) is 4.79 Å². The van der Waals surface area contributed by atoms with Crippen molar-refractivity contribution in [3.8, 4) is 0 Å². The summed E-state index contributed by atoms with van der Waals surface area (Å²) in [5, 5.41) is 0. The molecule has 1 aromatic carbocycles. The Bertz CT molecular complexity index is 676. The zero-order valence-electron chi connectivity index (χ0n) is 12.9. The van der Waals surface area contributed by atoms with E-state index in [-0.39, 0.29) is 30.7 Å². The molecule has 2 heterocycles. The molecular formula is C16H19BrCl2N4O. The number of carbonyl (C=O) groups is 1. The first-order chi connectivity index (χ1) is 10.6. The zero-order valence-corrected chi connectivity index (χ0v) is 16.1. The van der Waals surface area contributed by atoms with Crippen LogP contribution in [0.2, 0.25) is 0 Å². The first-order valence-electron chi connectivity index (χ1n) is 7.15. The van der Waals surface area contributed by atoms with Crippen LogP contribution in [0.15, 0.2) is 47.1 Å². The molecule has 0 radical (unpaired) electrons. The highest BCUT2D eigenvalue weighted by atomic mass is 79.9. The molecule has 0 atom stereocenters. The number of hydrogen-bond donors (Lipinski definition) is 1. The average Bonchev–Trinajstić information content (AvgIpc) is 2.56. The van der Waals surface area contributed by atoms with E-state index in [0.29, 0.717) is 24.3 Å². The second-order valence-corrected chi connectivity index (χ2v) is 6.12. The van der Waals surface area contributed by atoms with Gasteiger partial charge in [-0.05, 0) is 40.2 Å². The molecule has 1 aliphatic rings. The van der Waals surface area contributed by atoms with Gasteiger partial charge in [0.2, 0.25) is 0 Å². The monoisotopic (exact) mass is 432 g/mol.